The topological polar surface area (TPSA) is 77.5 Å². The molecule has 2 aliphatic rings. The molecule has 2 aromatic rings. The van der Waals surface area contributed by atoms with Gasteiger partial charge in [0.05, 0.1) is 19.9 Å². The highest BCUT2D eigenvalue weighted by molar-refractivity contribution is 6.05. The van der Waals surface area contributed by atoms with Crippen molar-refractivity contribution in [3.63, 3.8) is 0 Å². The largest absolute Gasteiger partial charge is 0.493 e. The van der Waals surface area contributed by atoms with Crippen molar-refractivity contribution in [3.05, 3.63) is 48.3 Å². The van der Waals surface area contributed by atoms with E-state index in [2.05, 4.69) is 10.4 Å². The summed E-state index contributed by atoms with van der Waals surface area (Å²) in [6.07, 6.45) is 1.06. The van der Waals surface area contributed by atoms with Crippen LogP contribution >= 0.6 is 0 Å². The third-order valence-corrected chi connectivity index (χ3v) is 5.06. The van der Waals surface area contributed by atoms with Gasteiger partial charge in [-0.2, -0.15) is 0 Å². The minimum atomic E-state index is -0.347. The molecule has 1 aliphatic heterocycles. The number of rotatable bonds is 8. The van der Waals surface area contributed by atoms with Crippen LogP contribution < -0.4 is 14.8 Å². The number of hydrogen-bond acceptors (Lipinski definition) is 5. The Morgan fingerprint density at radius 1 is 1.13 bits per heavy atom. The van der Waals surface area contributed by atoms with Crippen LogP contribution in [0.3, 0.4) is 0 Å². The number of hydrogen-bond donors (Lipinski definition) is 2. The van der Waals surface area contributed by atoms with Crippen molar-refractivity contribution in [1.82, 2.24) is 9.78 Å². The summed E-state index contributed by atoms with van der Waals surface area (Å²) < 4.78 is 31.7. The van der Waals surface area contributed by atoms with Crippen LogP contribution in [0.1, 0.15) is 19.8 Å². The van der Waals surface area contributed by atoms with E-state index in [1.54, 1.807) is 31.0 Å². The minimum absolute atomic E-state index is 0.0000542. The molecule has 0 fully saturated rings. The molecule has 162 valence electrons. The first kappa shape index (κ1) is 20.6. The van der Waals surface area contributed by atoms with Crippen LogP contribution in [0.25, 0.3) is 22.0 Å². The predicted molar refractivity (Wildman–Crippen MR) is 117 cm³/mol. The van der Waals surface area contributed by atoms with E-state index in [0.717, 1.165) is 22.0 Å². The third-order valence-electron chi connectivity index (χ3n) is 5.06. The van der Waals surface area contributed by atoms with Crippen molar-refractivity contribution in [2.24, 2.45) is 0 Å². The van der Waals surface area contributed by atoms with Gasteiger partial charge >= 0.3 is 5.97 Å². The van der Waals surface area contributed by atoms with Gasteiger partial charge in [-0.3, -0.25) is 9.89 Å². The Kier molecular flexibility index (Phi) is 5.70. The quantitative estimate of drug-likeness (QED) is 0.376. The fourth-order valence-electron chi connectivity index (χ4n) is 3.59. The number of nitrogens with zero attached hydrogens (tertiary/aromatic N) is 1. The lowest BCUT2D eigenvalue weighted by atomic mass is 10.2. The molecule has 8 heteroatoms. The first-order valence-corrected chi connectivity index (χ1v) is 9.99. The van der Waals surface area contributed by atoms with Crippen molar-refractivity contribution in [1.29, 1.82) is 0 Å². The van der Waals surface area contributed by atoms with Gasteiger partial charge in [0.1, 0.15) is 11.6 Å². The van der Waals surface area contributed by atoms with Crippen molar-refractivity contribution >= 4 is 28.2 Å². The fraction of sp³-hybridized carbons (Fsp3) is 0.261. The minimum Gasteiger partial charge on any atom is -0.493 e. The Bertz CT molecular complexity index is 1200. The van der Waals surface area contributed by atoms with Gasteiger partial charge in [0.2, 0.25) is 0 Å². The number of H-pyrrole nitrogens is 1. The molecule has 0 saturated carbocycles. The fourth-order valence-corrected chi connectivity index (χ4v) is 3.59. The lowest BCUT2D eigenvalue weighted by Crippen LogP contribution is -2.12. The third kappa shape index (κ3) is 4.01. The van der Waals surface area contributed by atoms with Gasteiger partial charge in [-0.25, -0.2) is 9.07 Å². The van der Waals surface area contributed by atoms with Crippen LogP contribution in [0.4, 0.5) is 15.9 Å². The van der Waals surface area contributed by atoms with E-state index in [4.69, 9.17) is 14.2 Å². The molecule has 2 aromatic carbocycles. The second-order valence-electron chi connectivity index (χ2n) is 7.15. The van der Waals surface area contributed by atoms with E-state index < -0.39 is 0 Å². The summed E-state index contributed by atoms with van der Waals surface area (Å²) in [6.45, 7) is 1.92. The Hall–Kier alpha value is -3.68. The summed E-state index contributed by atoms with van der Waals surface area (Å²) in [5, 5.41) is 8.42. The van der Waals surface area contributed by atoms with Crippen LogP contribution in [0.5, 0.6) is 11.5 Å². The van der Waals surface area contributed by atoms with Crippen LogP contribution in [0.2, 0.25) is 0 Å². The van der Waals surface area contributed by atoms with Crippen LogP contribution in [0, 0.1) is 5.82 Å². The number of ether oxygens (including phenoxy) is 3. The van der Waals surface area contributed by atoms with Crippen LogP contribution in [-0.2, 0) is 16.3 Å². The predicted octanol–water partition coefficient (Wildman–Crippen LogP) is 5.27. The summed E-state index contributed by atoms with van der Waals surface area (Å²) in [6, 6.07) is 12.0. The highest BCUT2D eigenvalue weighted by atomic mass is 19.1. The molecule has 0 radical (unpaired) electrons. The summed E-state index contributed by atoms with van der Waals surface area (Å²) in [7, 11) is 3.18. The van der Waals surface area contributed by atoms with Crippen molar-refractivity contribution in [2.45, 2.75) is 26.5 Å². The van der Waals surface area contributed by atoms with Gasteiger partial charge < -0.3 is 19.5 Å². The molecule has 4 rings (SSSR count). The number of fused-ring (bicyclic) bond motifs is 3. The average Bonchev–Trinajstić information content (AvgIpc) is 3.27. The van der Waals surface area contributed by atoms with Crippen molar-refractivity contribution in [3.8, 4) is 22.8 Å². The first-order chi connectivity index (χ1) is 15.0. The zero-order valence-corrected chi connectivity index (χ0v) is 17.6. The van der Waals surface area contributed by atoms with Gasteiger partial charge in [-0.15, -0.1) is 0 Å². The second-order valence-corrected chi connectivity index (χ2v) is 7.15. The lowest BCUT2D eigenvalue weighted by molar-refractivity contribution is -0.147. The summed E-state index contributed by atoms with van der Waals surface area (Å²) in [5.41, 5.74) is 2.28. The zero-order valence-electron chi connectivity index (χ0n) is 17.6. The molecule has 0 spiro atoms. The molecular formula is C23H24FN3O4. The molecule has 1 aliphatic carbocycles. The lowest BCUT2D eigenvalue weighted by Gasteiger charge is -2.12. The molecule has 0 amide bonds. The molecule has 7 nitrogen and oxygen atoms in total. The summed E-state index contributed by atoms with van der Waals surface area (Å²) in [4.78, 5) is 11.9. The van der Waals surface area contributed by atoms with E-state index in [1.807, 2.05) is 25.1 Å². The van der Waals surface area contributed by atoms with Gasteiger partial charge in [0, 0.05) is 23.1 Å². The number of halogens is 1. The standard InChI is InChI=1S/C23H24FN3O4/c1-4-6-21(28)31-13-27-23(25-16-8-5-7-15(24)11-16)18-9-14-10-19(29-2)20(30-3)12-17(14)22(18)26-27/h5,7-12,25-26H,4,6,13H2,1-3H3. The number of nitrogens with one attached hydrogen (secondary N) is 2. The Balaban J connectivity index is 1.80. The maximum absolute atomic E-state index is 13.7. The average molecular weight is 425 g/mol. The highest BCUT2D eigenvalue weighted by Crippen LogP contribution is 2.43. The molecule has 0 saturated heterocycles. The molecule has 0 bridgehead atoms. The van der Waals surface area contributed by atoms with E-state index in [-0.39, 0.29) is 18.5 Å². The van der Waals surface area contributed by atoms with E-state index in [0.29, 0.717) is 35.8 Å². The maximum Gasteiger partial charge on any atom is 0.307 e. The maximum atomic E-state index is 13.7. The highest BCUT2D eigenvalue weighted by Gasteiger charge is 2.23. The Labute approximate surface area is 179 Å². The molecule has 0 atom stereocenters. The van der Waals surface area contributed by atoms with E-state index in [1.165, 1.54) is 12.1 Å². The van der Waals surface area contributed by atoms with Gasteiger partial charge in [0.15, 0.2) is 18.2 Å². The van der Waals surface area contributed by atoms with Gasteiger partial charge in [-0.05, 0) is 48.2 Å². The summed E-state index contributed by atoms with van der Waals surface area (Å²) >= 11 is 0. The first-order valence-electron chi connectivity index (χ1n) is 9.99. The van der Waals surface area contributed by atoms with Crippen molar-refractivity contribution < 1.29 is 23.4 Å². The van der Waals surface area contributed by atoms with Gasteiger partial charge in [0.25, 0.3) is 0 Å². The number of aromatic nitrogens is 2. The number of anilines is 2. The number of esters is 1. The zero-order chi connectivity index (χ0) is 22.0. The number of benzene rings is 2. The molecule has 0 unspecified atom stereocenters. The van der Waals surface area contributed by atoms with Gasteiger partial charge in [-0.1, -0.05) is 13.0 Å². The number of carbonyl (C=O) groups excluding carboxylic acids is 1. The van der Waals surface area contributed by atoms with E-state index >= 15 is 0 Å². The number of carbonyl (C=O) groups is 1. The van der Waals surface area contributed by atoms with Crippen molar-refractivity contribution in [2.75, 3.05) is 19.5 Å². The van der Waals surface area contributed by atoms with Crippen LogP contribution in [-0.4, -0.2) is 30.0 Å². The summed E-state index contributed by atoms with van der Waals surface area (Å²) in [5.74, 6) is 1.26. The SMILES string of the molecule is CCCC(=O)OCn1[nH]c2c3cc(OC)c(OC)cc3cc-2c1Nc1cccc(F)c1. The molecule has 1 heterocycles. The normalized spacial score (nSPS) is 11.1. The Morgan fingerprint density at radius 3 is 2.61 bits per heavy atom. The number of methoxy groups -OCH3 is 2. The molecule has 0 aromatic heterocycles. The molecule has 2 N–H and O–H groups in total. The molecular weight excluding hydrogens is 401 g/mol. The smallest absolute Gasteiger partial charge is 0.307 e. The second kappa shape index (κ2) is 8.59. The van der Waals surface area contributed by atoms with Crippen LogP contribution in [0.15, 0.2) is 42.5 Å². The number of aromatic amines is 1. The molecule has 31 heavy (non-hydrogen) atoms. The Morgan fingerprint density at radius 2 is 1.90 bits per heavy atom. The van der Waals surface area contributed by atoms with E-state index in [9.17, 15) is 9.18 Å². The monoisotopic (exact) mass is 425 g/mol.